The van der Waals surface area contributed by atoms with Crippen LogP contribution in [0.3, 0.4) is 0 Å². The van der Waals surface area contributed by atoms with E-state index >= 15 is 0 Å². The Hall–Kier alpha value is 0.180. The molecule has 0 radical (unpaired) electrons. The molecule has 0 spiro atoms. The van der Waals surface area contributed by atoms with Crippen molar-refractivity contribution in [3.8, 4) is 22.6 Å². The van der Waals surface area contributed by atoms with Gasteiger partial charge in [-0.15, -0.1) is 0 Å². The Balaban J connectivity index is 0.00000364. The maximum atomic E-state index is 10.7. The van der Waals surface area contributed by atoms with Gasteiger partial charge in [-0.1, -0.05) is 36.4 Å². The van der Waals surface area contributed by atoms with Gasteiger partial charge in [0.15, 0.2) is 0 Å². The van der Waals surface area contributed by atoms with Crippen LogP contribution in [-0.4, -0.2) is 37.7 Å². The average Bonchev–Trinajstić information content (AvgIpc) is 2.61. The van der Waals surface area contributed by atoms with Crippen molar-refractivity contribution in [1.29, 1.82) is 0 Å². The van der Waals surface area contributed by atoms with Gasteiger partial charge in [0.25, 0.3) is 0 Å². The van der Waals surface area contributed by atoms with Gasteiger partial charge in [-0.05, 0) is 12.1 Å². The molecule has 0 aliphatic rings. The van der Waals surface area contributed by atoms with Crippen molar-refractivity contribution >= 4 is 22.2 Å². The van der Waals surface area contributed by atoms with Gasteiger partial charge in [0.2, 0.25) is 0 Å². The largest absolute Gasteiger partial charge is 1.00 e. The van der Waals surface area contributed by atoms with Gasteiger partial charge in [0.05, 0.1) is 28.2 Å². The molecule has 0 fully saturated rings. The molecule has 0 amide bonds. The van der Waals surface area contributed by atoms with Crippen LogP contribution in [0.1, 0.15) is 0 Å². The molecule has 12 heteroatoms. The fourth-order valence-corrected chi connectivity index (χ4v) is 2.67. The second kappa shape index (κ2) is 15.1. The summed E-state index contributed by atoms with van der Waals surface area (Å²) in [6.45, 7) is 0.0253. The zero-order valence-electron chi connectivity index (χ0n) is 15.5. The van der Waals surface area contributed by atoms with Crippen molar-refractivity contribution in [2.75, 3.05) is 24.7 Å². The molecule has 8 nitrogen and oxygen atoms in total. The number of hydrogen-bond acceptors (Lipinski definition) is 9. The molecule has 0 heterocycles. The SMILES string of the molecule is O=S(=O)([O-])CCOc1ccccc1-c1ccccc1OCCSOO[O-].[Na+].[Na+]. The van der Waals surface area contributed by atoms with Crippen LogP contribution in [0, 0.1) is 0 Å². The van der Waals surface area contributed by atoms with E-state index in [-0.39, 0.29) is 72.3 Å². The van der Waals surface area contributed by atoms with Crippen LogP contribution in [0.15, 0.2) is 48.5 Å². The van der Waals surface area contributed by atoms with Crippen molar-refractivity contribution in [3.63, 3.8) is 0 Å². The molecular weight excluding hydrogens is 430 g/mol. The quantitative estimate of drug-likeness (QED) is 0.0841. The van der Waals surface area contributed by atoms with Crippen LogP contribution in [0.2, 0.25) is 0 Å². The molecule has 2 aromatic rings. The molecule has 28 heavy (non-hydrogen) atoms. The third kappa shape index (κ3) is 10.3. The molecule has 0 saturated heterocycles. The molecular formula is C16H16Na2O8S2. The molecule has 0 unspecified atom stereocenters. The molecule has 0 atom stereocenters. The van der Waals surface area contributed by atoms with Gasteiger partial charge in [-0.3, -0.25) is 5.04 Å². The van der Waals surface area contributed by atoms with E-state index in [4.69, 9.17) is 9.47 Å². The fraction of sp³-hybridized carbons (Fsp3) is 0.250. The summed E-state index contributed by atoms with van der Waals surface area (Å²) < 4.78 is 47.5. The third-order valence-corrected chi connectivity index (χ3v) is 4.31. The maximum absolute atomic E-state index is 10.7. The molecule has 142 valence electrons. The Morgan fingerprint density at radius 1 is 0.857 bits per heavy atom. The van der Waals surface area contributed by atoms with E-state index in [1.807, 2.05) is 12.1 Å². The van der Waals surface area contributed by atoms with Crippen molar-refractivity contribution in [2.45, 2.75) is 0 Å². The maximum Gasteiger partial charge on any atom is 1.00 e. The number of para-hydroxylation sites is 2. The Morgan fingerprint density at radius 2 is 1.36 bits per heavy atom. The van der Waals surface area contributed by atoms with Crippen LogP contribution in [0.25, 0.3) is 11.1 Å². The predicted molar refractivity (Wildman–Crippen MR) is 92.1 cm³/mol. The van der Waals surface area contributed by atoms with Gasteiger partial charge >= 0.3 is 59.1 Å². The van der Waals surface area contributed by atoms with Crippen LogP contribution in [-0.2, 0) is 19.5 Å². The smallest absolute Gasteiger partial charge is 0.748 e. The van der Waals surface area contributed by atoms with Crippen molar-refractivity contribution < 1.29 is 96.2 Å². The Morgan fingerprint density at radius 3 is 1.86 bits per heavy atom. The van der Waals surface area contributed by atoms with E-state index in [0.717, 1.165) is 17.6 Å². The minimum absolute atomic E-state index is 0. The zero-order valence-corrected chi connectivity index (χ0v) is 21.2. The summed E-state index contributed by atoms with van der Waals surface area (Å²) in [7, 11) is -4.35. The molecule has 0 aliphatic heterocycles. The van der Waals surface area contributed by atoms with Crippen molar-refractivity contribution in [3.05, 3.63) is 48.5 Å². The minimum Gasteiger partial charge on any atom is -0.748 e. The van der Waals surface area contributed by atoms with E-state index < -0.39 is 15.9 Å². The van der Waals surface area contributed by atoms with E-state index in [0.29, 0.717) is 22.8 Å². The van der Waals surface area contributed by atoms with E-state index in [1.54, 1.807) is 36.4 Å². The van der Waals surface area contributed by atoms with Crippen LogP contribution < -0.4 is 73.8 Å². The van der Waals surface area contributed by atoms with Gasteiger partial charge in [0, 0.05) is 23.2 Å². The number of benzene rings is 2. The Labute approximate surface area is 212 Å². The normalized spacial score (nSPS) is 10.5. The van der Waals surface area contributed by atoms with Gasteiger partial charge in [0.1, 0.15) is 18.1 Å². The molecule has 0 bridgehead atoms. The summed E-state index contributed by atoms with van der Waals surface area (Å²) in [5, 5.41) is 13.0. The fourth-order valence-electron chi connectivity index (χ4n) is 2.12. The van der Waals surface area contributed by atoms with Gasteiger partial charge < -0.3 is 19.3 Å². The molecule has 0 aliphatic carbocycles. The first kappa shape index (κ1) is 28.2. The second-order valence-electron chi connectivity index (χ2n) is 4.91. The van der Waals surface area contributed by atoms with Gasteiger partial charge in [-0.2, -0.15) is 4.33 Å². The molecule has 2 aromatic carbocycles. The molecule has 0 N–H and O–H groups in total. The van der Waals surface area contributed by atoms with Crippen molar-refractivity contribution in [2.24, 2.45) is 0 Å². The van der Waals surface area contributed by atoms with Crippen LogP contribution in [0.4, 0.5) is 0 Å². The number of rotatable bonds is 11. The number of hydrogen-bond donors (Lipinski definition) is 0. The topological polar surface area (TPSA) is 117 Å². The first-order chi connectivity index (χ1) is 12.5. The van der Waals surface area contributed by atoms with Crippen LogP contribution >= 0.6 is 12.0 Å². The predicted octanol–water partition coefficient (Wildman–Crippen LogP) is -4.46. The number of ether oxygens (including phenoxy) is 2. The molecule has 0 saturated carbocycles. The summed E-state index contributed by atoms with van der Waals surface area (Å²) >= 11 is 0.820. The monoisotopic (exact) mass is 446 g/mol. The molecule has 0 aromatic heterocycles. The average molecular weight is 446 g/mol. The van der Waals surface area contributed by atoms with Crippen molar-refractivity contribution in [1.82, 2.24) is 0 Å². The summed E-state index contributed by atoms with van der Waals surface area (Å²) in [6.07, 6.45) is 0. The van der Waals surface area contributed by atoms with Gasteiger partial charge in [-0.25, -0.2) is 8.42 Å². The summed E-state index contributed by atoms with van der Waals surface area (Å²) in [5.74, 6) is 0.766. The van der Waals surface area contributed by atoms with E-state index in [9.17, 15) is 18.2 Å². The van der Waals surface area contributed by atoms with E-state index in [1.165, 1.54) is 0 Å². The standard InChI is InChI=1S/C16H18O8S2.2Na/c17-23-24-25-11-9-21-15-7-3-1-5-13(15)14-6-2-4-8-16(14)22-10-12-26(18,19)20;;/h1-8,17H,9-12H2,(H,18,19,20);;/q;2*+1/p-2. The summed E-state index contributed by atoms with van der Waals surface area (Å²) in [5.41, 5.74) is 1.43. The minimum atomic E-state index is -4.35. The second-order valence-corrected chi connectivity index (χ2v) is 7.21. The third-order valence-electron chi connectivity index (χ3n) is 3.16. The zero-order chi connectivity index (χ0) is 18.8. The van der Waals surface area contributed by atoms with Crippen LogP contribution in [0.5, 0.6) is 11.5 Å². The summed E-state index contributed by atoms with van der Waals surface area (Å²) in [6, 6.07) is 14.2. The summed E-state index contributed by atoms with van der Waals surface area (Å²) in [4.78, 5) is 0. The first-order valence-corrected chi connectivity index (χ1v) is 9.96. The Kier molecular flexibility index (Phi) is 15.1. The first-order valence-electron chi connectivity index (χ1n) is 7.47. The Bertz CT molecular complexity index is 805. The van der Waals surface area contributed by atoms with E-state index in [2.05, 4.69) is 9.37 Å². The molecule has 2 rings (SSSR count).